The van der Waals surface area contributed by atoms with Crippen LogP contribution in [0.5, 0.6) is 5.75 Å². The van der Waals surface area contributed by atoms with E-state index in [1.54, 1.807) is 11.0 Å². The first-order valence-corrected chi connectivity index (χ1v) is 12.8. The van der Waals surface area contributed by atoms with Gasteiger partial charge in [0, 0.05) is 18.5 Å². The first-order chi connectivity index (χ1) is 20.2. The highest BCUT2D eigenvalue weighted by Crippen LogP contribution is 2.33. The normalized spacial score (nSPS) is 15.2. The summed E-state index contributed by atoms with van der Waals surface area (Å²) < 4.78 is 81.7. The van der Waals surface area contributed by atoms with Crippen molar-refractivity contribution in [2.45, 2.75) is 37.7 Å². The molecule has 0 bridgehead atoms. The van der Waals surface area contributed by atoms with Gasteiger partial charge in [-0.3, -0.25) is 5.41 Å². The number of likely N-dealkylation sites (tertiary alicyclic amines) is 1. The highest BCUT2D eigenvalue weighted by atomic mass is 19.4. The topological polar surface area (TPSA) is 139 Å². The molecule has 3 aromatic carbocycles. The second-order valence-corrected chi connectivity index (χ2v) is 9.52. The predicted octanol–water partition coefficient (Wildman–Crippen LogP) is 6.19. The van der Waals surface area contributed by atoms with Crippen molar-refractivity contribution < 1.29 is 45.5 Å². The molecule has 0 amide bonds. The molecule has 43 heavy (non-hydrogen) atoms. The molecule has 0 aliphatic carbocycles. The first-order valence-electron chi connectivity index (χ1n) is 12.8. The molecular weight excluding hydrogens is 584 g/mol. The Labute approximate surface area is 240 Å². The number of ether oxygens (including phenoxy) is 1. The van der Waals surface area contributed by atoms with Crippen LogP contribution in [0.25, 0.3) is 22.2 Å². The Morgan fingerprint density at radius 1 is 1.07 bits per heavy atom. The van der Waals surface area contributed by atoms with Crippen LogP contribution in [0, 0.1) is 5.41 Å². The van der Waals surface area contributed by atoms with E-state index < -0.39 is 23.9 Å². The molecule has 0 unspecified atom stereocenters. The second kappa shape index (κ2) is 12.6. The summed E-state index contributed by atoms with van der Waals surface area (Å²) in [5, 5.41) is 20.9. The van der Waals surface area contributed by atoms with Crippen LogP contribution >= 0.6 is 0 Å². The van der Waals surface area contributed by atoms with E-state index in [1.165, 1.54) is 6.07 Å². The van der Waals surface area contributed by atoms with Crippen molar-refractivity contribution in [1.29, 1.82) is 5.41 Å². The molecule has 15 heteroatoms. The number of carbonyl (C=O) groups is 1. The molecule has 0 spiro atoms. The van der Waals surface area contributed by atoms with E-state index >= 15 is 0 Å². The number of hydrogen-bond donors (Lipinski definition) is 3. The van der Waals surface area contributed by atoms with Crippen molar-refractivity contribution >= 4 is 22.7 Å². The first kappa shape index (κ1) is 31.1. The lowest BCUT2D eigenvalue weighted by Gasteiger charge is -2.21. The van der Waals surface area contributed by atoms with Gasteiger partial charge in [0.25, 0.3) is 0 Å². The number of aromatic nitrogens is 2. The van der Waals surface area contributed by atoms with E-state index in [9.17, 15) is 26.3 Å². The van der Waals surface area contributed by atoms with Crippen molar-refractivity contribution in [2.24, 2.45) is 5.73 Å². The third-order valence-corrected chi connectivity index (χ3v) is 6.52. The third kappa shape index (κ3) is 7.93. The van der Waals surface area contributed by atoms with Gasteiger partial charge in [-0.05, 0) is 53.4 Å². The lowest BCUT2D eigenvalue weighted by molar-refractivity contribution is -0.192. The Morgan fingerprint density at radius 3 is 2.44 bits per heavy atom. The van der Waals surface area contributed by atoms with E-state index in [2.05, 4.69) is 10.1 Å². The molecule has 1 atom stereocenters. The molecule has 0 radical (unpaired) electrons. The number of benzene rings is 3. The van der Waals surface area contributed by atoms with Gasteiger partial charge in [-0.25, -0.2) is 4.79 Å². The third-order valence-electron chi connectivity index (χ3n) is 6.52. The number of carboxylic acid groups (broad SMARTS) is 1. The minimum atomic E-state index is -5.08. The van der Waals surface area contributed by atoms with Gasteiger partial charge in [0.2, 0.25) is 11.7 Å². The molecule has 4 N–H and O–H groups in total. The Balaban J connectivity index is 0.000000541. The zero-order valence-corrected chi connectivity index (χ0v) is 22.2. The van der Waals surface area contributed by atoms with Crippen LogP contribution in [0.3, 0.4) is 0 Å². The summed E-state index contributed by atoms with van der Waals surface area (Å²) in [5.74, 6) is -1.22. The van der Waals surface area contributed by atoms with Crippen molar-refractivity contribution in [1.82, 2.24) is 15.0 Å². The molecule has 1 aromatic heterocycles. The van der Waals surface area contributed by atoms with Crippen molar-refractivity contribution in [3.63, 3.8) is 0 Å². The number of hydrogen-bond acceptors (Lipinski definition) is 6. The average Bonchev–Trinajstić information content (AvgIpc) is 3.63. The minimum Gasteiger partial charge on any atom is -0.493 e. The number of rotatable bonds is 6. The quantitative estimate of drug-likeness (QED) is 0.134. The van der Waals surface area contributed by atoms with Gasteiger partial charge in [0.05, 0.1) is 12.2 Å². The number of halogens is 6. The summed E-state index contributed by atoms with van der Waals surface area (Å²) in [5.41, 5.74) is 6.37. The number of nitrogens with two attached hydrogens (primary N) is 1. The minimum absolute atomic E-state index is 0.00388. The zero-order chi connectivity index (χ0) is 31.4. The van der Waals surface area contributed by atoms with E-state index in [-0.39, 0.29) is 18.6 Å². The summed E-state index contributed by atoms with van der Waals surface area (Å²) in [6.45, 7) is 0.951. The zero-order valence-electron chi connectivity index (χ0n) is 22.2. The predicted molar refractivity (Wildman–Crippen MR) is 142 cm³/mol. The van der Waals surface area contributed by atoms with Crippen LogP contribution in [0.4, 0.5) is 26.3 Å². The fourth-order valence-electron chi connectivity index (χ4n) is 4.44. The van der Waals surface area contributed by atoms with Crippen LogP contribution in [0.1, 0.15) is 35.9 Å². The van der Waals surface area contributed by atoms with Crippen molar-refractivity contribution in [3.05, 3.63) is 77.7 Å². The van der Waals surface area contributed by atoms with Crippen LogP contribution in [-0.4, -0.2) is 51.4 Å². The maximum absolute atomic E-state index is 12.9. The van der Waals surface area contributed by atoms with Gasteiger partial charge in [0.15, 0.2) is 5.96 Å². The van der Waals surface area contributed by atoms with Crippen molar-refractivity contribution in [2.75, 3.05) is 13.2 Å². The second-order valence-electron chi connectivity index (χ2n) is 9.52. The Kier molecular flexibility index (Phi) is 9.11. The number of guanidine groups is 1. The molecular formula is C28H25F6N5O4. The van der Waals surface area contributed by atoms with Crippen LogP contribution < -0.4 is 10.5 Å². The van der Waals surface area contributed by atoms with E-state index in [0.717, 1.165) is 41.3 Å². The van der Waals surface area contributed by atoms with Gasteiger partial charge in [-0.1, -0.05) is 41.6 Å². The van der Waals surface area contributed by atoms with Gasteiger partial charge < -0.3 is 25.0 Å². The highest BCUT2D eigenvalue weighted by Gasteiger charge is 2.38. The summed E-state index contributed by atoms with van der Waals surface area (Å²) in [7, 11) is 0. The molecule has 1 aliphatic rings. The van der Waals surface area contributed by atoms with Crippen LogP contribution in [-0.2, 0) is 17.4 Å². The maximum atomic E-state index is 12.9. The van der Waals surface area contributed by atoms with Gasteiger partial charge >= 0.3 is 18.3 Å². The Morgan fingerprint density at radius 2 is 1.77 bits per heavy atom. The monoisotopic (exact) mass is 609 g/mol. The van der Waals surface area contributed by atoms with Gasteiger partial charge in [-0.2, -0.15) is 31.3 Å². The van der Waals surface area contributed by atoms with Crippen LogP contribution in [0.2, 0.25) is 0 Å². The molecule has 5 rings (SSSR count). The highest BCUT2D eigenvalue weighted by molar-refractivity contribution is 5.87. The Bertz CT molecular complexity index is 1600. The molecule has 0 saturated carbocycles. The lowest BCUT2D eigenvalue weighted by Crippen LogP contribution is -2.35. The molecule has 228 valence electrons. The largest absolute Gasteiger partial charge is 0.493 e. The fraction of sp³-hybridized carbons (Fsp3) is 0.286. The maximum Gasteiger partial charge on any atom is 0.490 e. The van der Waals surface area contributed by atoms with Gasteiger partial charge in [-0.15, -0.1) is 0 Å². The number of nitrogens with one attached hydrogen (secondary N) is 1. The van der Waals surface area contributed by atoms with Crippen LogP contribution in [0.15, 0.2) is 65.2 Å². The van der Waals surface area contributed by atoms with Gasteiger partial charge in [0.1, 0.15) is 11.8 Å². The molecule has 1 saturated heterocycles. The molecule has 2 heterocycles. The summed E-state index contributed by atoms with van der Waals surface area (Å²) in [4.78, 5) is 15.2. The molecule has 4 aromatic rings. The SMILES string of the molecule is N=C(N)N1CCC[C@H]1c1nc(-c2ccc3cc(OCCc4cccc(C(F)(F)F)c4)ccc3c2)no1.O=C(O)C(F)(F)F. The fourth-order valence-corrected chi connectivity index (χ4v) is 4.44. The number of alkyl halides is 6. The Hall–Kier alpha value is -4.82. The van der Waals surface area contributed by atoms with E-state index in [4.69, 9.17) is 30.3 Å². The smallest absolute Gasteiger partial charge is 0.490 e. The van der Waals surface area contributed by atoms with E-state index in [0.29, 0.717) is 36.0 Å². The molecule has 1 fully saturated rings. The van der Waals surface area contributed by atoms with Crippen molar-refractivity contribution in [3.8, 4) is 17.1 Å². The number of nitrogens with zero attached hydrogens (tertiary/aromatic N) is 3. The number of aliphatic carboxylic acids is 1. The lowest BCUT2D eigenvalue weighted by atomic mass is 10.1. The summed E-state index contributed by atoms with van der Waals surface area (Å²) in [6, 6.07) is 16.5. The summed E-state index contributed by atoms with van der Waals surface area (Å²) >= 11 is 0. The van der Waals surface area contributed by atoms with E-state index in [1.807, 2.05) is 36.4 Å². The molecule has 9 nitrogen and oxygen atoms in total. The number of carboxylic acids is 1. The summed E-state index contributed by atoms with van der Waals surface area (Å²) in [6.07, 6.45) is -7.37. The standard InChI is InChI=1S/C26H24F3N5O2.C2HF3O2/c27-26(28,29)20-4-1-3-16(13-20)10-12-35-21-9-8-17-14-19(7-6-18(17)15-21)23-32-24(36-33-23)22-5-2-11-34(22)25(30)31;3-2(4,5)1(6)7/h1,3-4,6-9,13-15,22H,2,5,10-12H2,(H3,30,31);(H,6,7)/t22-;/m0./s1. The average molecular weight is 610 g/mol. The number of fused-ring (bicyclic) bond motifs is 1. The molecule has 1 aliphatic heterocycles.